The molecule has 1 spiro atoms. The smallest absolute Gasteiger partial charge is 0.327 e. The highest BCUT2D eigenvalue weighted by Gasteiger charge is 2.56. The maximum absolute atomic E-state index is 13.5. The number of carbonyl (C=O) groups is 3. The number of anilines is 2. The molecule has 4 amide bonds. The number of hydrogen-bond acceptors (Lipinski definition) is 6. The van der Waals surface area contributed by atoms with Crippen molar-refractivity contribution in [2.75, 3.05) is 43.5 Å². The summed E-state index contributed by atoms with van der Waals surface area (Å²) in [6, 6.07) is 7.17. The van der Waals surface area contributed by atoms with Crippen LogP contribution in [0.4, 0.5) is 16.4 Å². The van der Waals surface area contributed by atoms with Crippen molar-refractivity contribution in [3.05, 3.63) is 24.3 Å². The number of carbonyl (C=O) groups excluding carboxylic acids is 3. The minimum atomic E-state index is -0.789. The van der Waals surface area contributed by atoms with E-state index in [9.17, 15) is 14.4 Å². The summed E-state index contributed by atoms with van der Waals surface area (Å²) in [5.74, 6) is 0.562. The van der Waals surface area contributed by atoms with E-state index in [1.54, 1.807) is 16.8 Å². The van der Waals surface area contributed by atoms with Crippen LogP contribution in [0.2, 0.25) is 0 Å². The Bertz CT molecular complexity index is 1100. The highest BCUT2D eigenvalue weighted by atomic mass is 16.2. The molecule has 1 aromatic carbocycles. The van der Waals surface area contributed by atoms with Gasteiger partial charge in [-0.3, -0.25) is 19.4 Å². The third kappa shape index (κ3) is 3.10. The molecule has 2 fully saturated rings. The molecule has 9 heteroatoms. The molecule has 2 aliphatic heterocycles. The summed E-state index contributed by atoms with van der Waals surface area (Å²) < 4.78 is 0. The second-order valence-corrected chi connectivity index (χ2v) is 9.01. The predicted molar refractivity (Wildman–Crippen MR) is 120 cm³/mol. The molecule has 168 valence electrons. The molecule has 3 heterocycles. The fourth-order valence-corrected chi connectivity index (χ4v) is 5.23. The van der Waals surface area contributed by atoms with Gasteiger partial charge < -0.3 is 9.80 Å². The quantitative estimate of drug-likeness (QED) is 0.672. The SMILES string of the molecule is CN1CCCN(C(=O)CN2C(=O)N(C)C3(CCCCC3)C2=O)c2nc3ccccc3nc21. The molecule has 9 nitrogen and oxygen atoms in total. The normalized spacial score (nSPS) is 20.8. The van der Waals surface area contributed by atoms with Crippen LogP contribution in [0.1, 0.15) is 38.5 Å². The summed E-state index contributed by atoms with van der Waals surface area (Å²) in [4.78, 5) is 55.5. The van der Waals surface area contributed by atoms with E-state index in [4.69, 9.17) is 9.97 Å². The van der Waals surface area contributed by atoms with Gasteiger partial charge in [0.1, 0.15) is 12.1 Å². The lowest BCUT2D eigenvalue weighted by molar-refractivity contribution is -0.136. The zero-order chi connectivity index (χ0) is 22.5. The second-order valence-electron chi connectivity index (χ2n) is 9.01. The van der Waals surface area contributed by atoms with Gasteiger partial charge in [-0.05, 0) is 31.4 Å². The van der Waals surface area contributed by atoms with Gasteiger partial charge in [0.2, 0.25) is 5.91 Å². The maximum Gasteiger partial charge on any atom is 0.327 e. The lowest BCUT2D eigenvalue weighted by Crippen LogP contribution is -2.49. The molecule has 32 heavy (non-hydrogen) atoms. The molecule has 2 aromatic rings. The zero-order valence-electron chi connectivity index (χ0n) is 18.6. The molecule has 0 radical (unpaired) electrons. The largest absolute Gasteiger partial charge is 0.357 e. The molecule has 1 aliphatic carbocycles. The fraction of sp³-hybridized carbons (Fsp3) is 0.522. The average Bonchev–Trinajstić information content (AvgIpc) is 2.92. The average molecular weight is 437 g/mol. The van der Waals surface area contributed by atoms with Crippen LogP contribution in [0.3, 0.4) is 0 Å². The Morgan fingerprint density at radius 2 is 1.59 bits per heavy atom. The van der Waals surface area contributed by atoms with Gasteiger partial charge in [-0.25, -0.2) is 14.8 Å². The first-order chi connectivity index (χ1) is 15.4. The van der Waals surface area contributed by atoms with Crippen LogP contribution >= 0.6 is 0 Å². The van der Waals surface area contributed by atoms with Crippen molar-refractivity contribution >= 4 is 40.5 Å². The minimum Gasteiger partial charge on any atom is -0.357 e. The number of para-hydroxylation sites is 2. The van der Waals surface area contributed by atoms with Crippen molar-refractivity contribution in [2.24, 2.45) is 0 Å². The maximum atomic E-state index is 13.5. The first-order valence-electron chi connectivity index (χ1n) is 11.3. The summed E-state index contributed by atoms with van der Waals surface area (Å²) in [7, 11) is 3.62. The van der Waals surface area contributed by atoms with Crippen LogP contribution in [-0.2, 0) is 9.59 Å². The first-order valence-corrected chi connectivity index (χ1v) is 11.3. The molecular weight excluding hydrogens is 408 g/mol. The van der Waals surface area contributed by atoms with Crippen molar-refractivity contribution in [3.8, 4) is 0 Å². The Balaban J connectivity index is 1.46. The molecule has 1 saturated carbocycles. The number of nitrogens with zero attached hydrogens (tertiary/aromatic N) is 6. The van der Waals surface area contributed by atoms with Crippen molar-refractivity contribution in [1.82, 2.24) is 19.8 Å². The highest BCUT2D eigenvalue weighted by Crippen LogP contribution is 2.39. The highest BCUT2D eigenvalue weighted by molar-refractivity contribution is 6.10. The van der Waals surface area contributed by atoms with Crippen LogP contribution in [0.15, 0.2) is 24.3 Å². The Morgan fingerprint density at radius 1 is 0.938 bits per heavy atom. The summed E-state index contributed by atoms with van der Waals surface area (Å²) in [6.07, 6.45) is 4.96. The Labute approximate surface area is 187 Å². The molecule has 5 rings (SSSR count). The topological polar surface area (TPSA) is 90.0 Å². The number of fused-ring (bicyclic) bond motifs is 2. The van der Waals surface area contributed by atoms with Gasteiger partial charge in [0.05, 0.1) is 11.0 Å². The zero-order valence-corrected chi connectivity index (χ0v) is 18.6. The number of rotatable bonds is 2. The van der Waals surface area contributed by atoms with E-state index >= 15 is 0 Å². The summed E-state index contributed by atoms with van der Waals surface area (Å²) >= 11 is 0. The van der Waals surface area contributed by atoms with Crippen LogP contribution < -0.4 is 9.80 Å². The number of urea groups is 1. The third-order valence-corrected chi connectivity index (χ3v) is 7.11. The Hall–Kier alpha value is -3.23. The number of amides is 4. The summed E-state index contributed by atoms with van der Waals surface area (Å²) in [5.41, 5.74) is 0.675. The van der Waals surface area contributed by atoms with E-state index in [-0.39, 0.29) is 24.4 Å². The van der Waals surface area contributed by atoms with Crippen molar-refractivity contribution in [2.45, 2.75) is 44.1 Å². The number of likely N-dealkylation sites (N-methyl/N-ethyl adjacent to an activating group) is 1. The van der Waals surface area contributed by atoms with Gasteiger partial charge in [0.15, 0.2) is 11.6 Å². The number of hydrogen-bond donors (Lipinski definition) is 0. The number of benzene rings is 1. The fourth-order valence-electron chi connectivity index (χ4n) is 5.23. The van der Waals surface area contributed by atoms with E-state index in [2.05, 4.69) is 0 Å². The molecule has 0 bridgehead atoms. The van der Waals surface area contributed by atoms with Gasteiger partial charge in [0.25, 0.3) is 5.91 Å². The molecule has 1 saturated heterocycles. The van der Waals surface area contributed by atoms with E-state index in [0.29, 0.717) is 36.5 Å². The molecule has 0 unspecified atom stereocenters. The number of aromatic nitrogens is 2. The predicted octanol–water partition coefficient (Wildman–Crippen LogP) is 2.40. The second kappa shape index (κ2) is 7.72. The van der Waals surface area contributed by atoms with E-state index < -0.39 is 5.54 Å². The van der Waals surface area contributed by atoms with Gasteiger partial charge in [-0.15, -0.1) is 0 Å². The van der Waals surface area contributed by atoms with E-state index in [0.717, 1.165) is 42.6 Å². The molecule has 0 N–H and O–H groups in total. The third-order valence-electron chi connectivity index (χ3n) is 7.11. The van der Waals surface area contributed by atoms with Gasteiger partial charge >= 0.3 is 6.03 Å². The van der Waals surface area contributed by atoms with Crippen LogP contribution in [-0.4, -0.2) is 76.9 Å². The van der Waals surface area contributed by atoms with Crippen molar-refractivity contribution in [1.29, 1.82) is 0 Å². The lowest BCUT2D eigenvalue weighted by atomic mass is 9.81. The molecule has 3 aliphatic rings. The Kier molecular flexibility index (Phi) is 4.98. The summed E-state index contributed by atoms with van der Waals surface area (Å²) in [5, 5.41) is 0. The van der Waals surface area contributed by atoms with E-state index in [1.165, 1.54) is 0 Å². The van der Waals surface area contributed by atoms with Gasteiger partial charge in [0, 0.05) is 27.2 Å². The lowest BCUT2D eigenvalue weighted by Gasteiger charge is -2.35. The molecule has 0 atom stereocenters. The van der Waals surface area contributed by atoms with Crippen LogP contribution in [0.5, 0.6) is 0 Å². The number of imide groups is 1. The van der Waals surface area contributed by atoms with E-state index in [1.807, 2.05) is 36.2 Å². The van der Waals surface area contributed by atoms with Crippen LogP contribution in [0.25, 0.3) is 11.0 Å². The summed E-state index contributed by atoms with van der Waals surface area (Å²) in [6.45, 7) is 0.916. The van der Waals surface area contributed by atoms with Crippen LogP contribution in [0, 0.1) is 0 Å². The van der Waals surface area contributed by atoms with Gasteiger partial charge in [-0.1, -0.05) is 31.4 Å². The first kappa shape index (κ1) is 20.7. The molecule has 1 aromatic heterocycles. The molecular formula is C23H28N6O3. The monoisotopic (exact) mass is 436 g/mol. The van der Waals surface area contributed by atoms with Gasteiger partial charge in [-0.2, -0.15) is 0 Å². The standard InChI is InChI=1S/C23H28N6O3/c1-26-13-8-14-28(20-19(26)24-16-9-4-5-10-17(16)25-20)18(30)15-29-21(31)23(27(2)22(29)32)11-6-3-7-12-23/h4-5,9-10H,3,6-8,11-15H2,1-2H3. The Morgan fingerprint density at radius 3 is 2.28 bits per heavy atom. The minimum absolute atomic E-state index is 0.241. The van der Waals surface area contributed by atoms with Crippen molar-refractivity contribution in [3.63, 3.8) is 0 Å². The van der Waals surface area contributed by atoms with Crippen molar-refractivity contribution < 1.29 is 14.4 Å².